The van der Waals surface area contributed by atoms with Crippen molar-refractivity contribution in [2.24, 2.45) is 0 Å². The van der Waals surface area contributed by atoms with Gasteiger partial charge in [-0.2, -0.15) is 4.98 Å². The highest BCUT2D eigenvalue weighted by molar-refractivity contribution is 5.97. The lowest BCUT2D eigenvalue weighted by Crippen LogP contribution is -2.25. The van der Waals surface area contributed by atoms with Crippen LogP contribution in [0.4, 0.5) is 10.1 Å². The summed E-state index contributed by atoms with van der Waals surface area (Å²) in [6.45, 7) is 2.23. The molecule has 1 saturated heterocycles. The van der Waals surface area contributed by atoms with E-state index < -0.39 is 0 Å². The van der Waals surface area contributed by atoms with Gasteiger partial charge in [0, 0.05) is 42.5 Å². The second-order valence-electron chi connectivity index (χ2n) is 6.03. The van der Waals surface area contributed by atoms with Crippen LogP contribution in [-0.4, -0.2) is 27.6 Å². The number of nitrogens with zero attached hydrogens (tertiary/aromatic N) is 4. The Bertz CT molecular complexity index is 926. The van der Waals surface area contributed by atoms with Gasteiger partial charge in [0.15, 0.2) is 5.82 Å². The highest BCUT2D eigenvalue weighted by Gasteiger charge is 2.35. The fraction of sp³-hybridized carbons (Fsp3) is 0.222. The second-order valence-corrected chi connectivity index (χ2v) is 6.03. The van der Waals surface area contributed by atoms with Crippen molar-refractivity contribution in [1.82, 2.24) is 15.1 Å². The van der Waals surface area contributed by atoms with Gasteiger partial charge < -0.3 is 9.42 Å². The quantitative estimate of drug-likeness (QED) is 0.734. The van der Waals surface area contributed by atoms with Gasteiger partial charge >= 0.3 is 0 Å². The molecule has 0 N–H and O–H groups in total. The molecule has 4 rings (SSSR count). The van der Waals surface area contributed by atoms with Crippen LogP contribution >= 0.6 is 0 Å². The maximum atomic E-state index is 13.3. The fourth-order valence-electron chi connectivity index (χ4n) is 3.05. The Morgan fingerprint density at radius 2 is 2.04 bits per heavy atom. The largest absolute Gasteiger partial charge is 0.334 e. The van der Waals surface area contributed by atoms with E-state index in [0.717, 1.165) is 11.1 Å². The van der Waals surface area contributed by atoms with E-state index in [1.807, 2.05) is 0 Å². The number of carbonyl (C=O) groups is 1. The number of aryl methyl sites for hydroxylation is 1. The fourth-order valence-corrected chi connectivity index (χ4v) is 3.05. The number of amides is 1. The zero-order valence-electron chi connectivity index (χ0n) is 13.5. The topological polar surface area (TPSA) is 72.1 Å². The molecule has 1 aliphatic heterocycles. The van der Waals surface area contributed by atoms with Gasteiger partial charge in [0.2, 0.25) is 5.91 Å². The van der Waals surface area contributed by atoms with Crippen molar-refractivity contribution in [2.75, 3.05) is 11.4 Å². The first-order valence-electron chi connectivity index (χ1n) is 7.92. The van der Waals surface area contributed by atoms with Gasteiger partial charge in [0.25, 0.3) is 5.89 Å². The third kappa shape index (κ3) is 2.88. The molecule has 0 saturated carbocycles. The van der Waals surface area contributed by atoms with Crippen molar-refractivity contribution in [1.29, 1.82) is 0 Å². The molecule has 0 radical (unpaired) electrons. The van der Waals surface area contributed by atoms with E-state index in [1.54, 1.807) is 42.4 Å². The van der Waals surface area contributed by atoms with Crippen molar-refractivity contribution in [2.45, 2.75) is 19.3 Å². The molecule has 126 valence electrons. The van der Waals surface area contributed by atoms with Crippen LogP contribution in [0.15, 0.2) is 47.2 Å². The molecule has 1 unspecified atom stereocenters. The molecule has 2 aromatic heterocycles. The minimum Gasteiger partial charge on any atom is -0.334 e. The molecular formula is C18H15FN4O2. The van der Waals surface area contributed by atoms with Gasteiger partial charge in [0.05, 0.1) is 0 Å². The van der Waals surface area contributed by atoms with Crippen LogP contribution in [0.1, 0.15) is 23.7 Å². The molecule has 3 heterocycles. The Balaban J connectivity index is 1.57. The van der Waals surface area contributed by atoms with Gasteiger partial charge in [-0.3, -0.25) is 9.78 Å². The summed E-state index contributed by atoms with van der Waals surface area (Å²) in [4.78, 5) is 22.4. The molecular weight excluding hydrogens is 323 g/mol. The first-order valence-corrected chi connectivity index (χ1v) is 7.92. The maximum Gasteiger partial charge on any atom is 0.258 e. The number of carbonyl (C=O) groups excluding carboxylic acids is 1. The molecule has 1 atom stereocenters. The van der Waals surface area contributed by atoms with Crippen LogP contribution in [0.2, 0.25) is 0 Å². The standard InChI is InChI=1S/C18H15FN4O2/c1-11-8-14(19)2-3-15(11)23-10-13(9-16(23)24)17-21-18(25-22-17)12-4-6-20-7-5-12/h2-8,13H,9-10H2,1H3. The van der Waals surface area contributed by atoms with Gasteiger partial charge in [-0.05, 0) is 42.8 Å². The van der Waals surface area contributed by atoms with E-state index in [-0.39, 0.29) is 17.6 Å². The number of aromatic nitrogens is 3. The second kappa shape index (κ2) is 6.08. The van der Waals surface area contributed by atoms with Gasteiger partial charge in [-0.1, -0.05) is 5.16 Å². The van der Waals surface area contributed by atoms with E-state index >= 15 is 0 Å². The van der Waals surface area contributed by atoms with Crippen LogP contribution in [0.5, 0.6) is 0 Å². The van der Waals surface area contributed by atoms with Crippen molar-refractivity contribution >= 4 is 11.6 Å². The molecule has 0 aliphatic carbocycles. The highest BCUT2D eigenvalue weighted by atomic mass is 19.1. The summed E-state index contributed by atoms with van der Waals surface area (Å²) in [6.07, 6.45) is 3.60. The van der Waals surface area contributed by atoms with E-state index in [4.69, 9.17) is 4.52 Å². The molecule has 6 nitrogen and oxygen atoms in total. The van der Waals surface area contributed by atoms with Crippen molar-refractivity contribution in [3.05, 3.63) is 59.9 Å². The number of halogens is 1. The Morgan fingerprint density at radius 3 is 2.80 bits per heavy atom. The van der Waals surface area contributed by atoms with Crippen LogP contribution in [0.3, 0.4) is 0 Å². The third-order valence-electron chi connectivity index (χ3n) is 4.31. The first kappa shape index (κ1) is 15.4. The van der Waals surface area contributed by atoms with E-state index in [9.17, 15) is 9.18 Å². The average molecular weight is 338 g/mol. The van der Waals surface area contributed by atoms with Crippen LogP contribution < -0.4 is 4.90 Å². The summed E-state index contributed by atoms with van der Waals surface area (Å²) in [6, 6.07) is 7.98. The van der Waals surface area contributed by atoms with Gasteiger partial charge in [0.1, 0.15) is 5.82 Å². The average Bonchev–Trinajstić information content (AvgIpc) is 3.23. The molecule has 1 fully saturated rings. The molecule has 7 heteroatoms. The van der Waals surface area contributed by atoms with Crippen LogP contribution in [0.25, 0.3) is 11.5 Å². The highest BCUT2D eigenvalue weighted by Crippen LogP contribution is 2.33. The SMILES string of the molecule is Cc1cc(F)ccc1N1CC(c2noc(-c3ccncc3)n2)CC1=O. The molecule has 1 aliphatic rings. The lowest BCUT2D eigenvalue weighted by molar-refractivity contribution is -0.117. The molecule has 25 heavy (non-hydrogen) atoms. The zero-order valence-corrected chi connectivity index (χ0v) is 13.5. The van der Waals surface area contributed by atoms with Crippen LogP contribution in [-0.2, 0) is 4.79 Å². The Kier molecular flexibility index (Phi) is 3.76. The summed E-state index contributed by atoms with van der Waals surface area (Å²) in [5, 5.41) is 4.03. The summed E-state index contributed by atoms with van der Waals surface area (Å²) in [5.74, 6) is 0.402. The van der Waals surface area contributed by atoms with E-state index in [0.29, 0.717) is 30.4 Å². The predicted octanol–water partition coefficient (Wildman–Crippen LogP) is 3.10. The smallest absolute Gasteiger partial charge is 0.258 e. The minimum atomic E-state index is -0.315. The van der Waals surface area contributed by atoms with Crippen molar-refractivity contribution < 1.29 is 13.7 Å². The number of rotatable bonds is 3. The zero-order chi connectivity index (χ0) is 17.4. The van der Waals surface area contributed by atoms with Gasteiger partial charge in [-0.25, -0.2) is 4.39 Å². The van der Waals surface area contributed by atoms with Gasteiger partial charge in [-0.15, -0.1) is 0 Å². The normalized spacial score (nSPS) is 17.3. The number of hydrogen-bond donors (Lipinski definition) is 0. The number of hydrogen-bond acceptors (Lipinski definition) is 5. The molecule has 3 aromatic rings. The van der Waals surface area contributed by atoms with E-state index in [1.165, 1.54) is 12.1 Å². The molecule has 1 amide bonds. The number of pyridine rings is 1. The number of benzene rings is 1. The van der Waals surface area contributed by atoms with Crippen molar-refractivity contribution in [3.63, 3.8) is 0 Å². The summed E-state index contributed by atoms with van der Waals surface area (Å²) >= 11 is 0. The summed E-state index contributed by atoms with van der Waals surface area (Å²) in [5.41, 5.74) is 2.22. The lowest BCUT2D eigenvalue weighted by Gasteiger charge is -2.18. The Hall–Kier alpha value is -3.09. The van der Waals surface area contributed by atoms with Crippen molar-refractivity contribution in [3.8, 4) is 11.5 Å². The molecule has 0 spiro atoms. The Morgan fingerprint density at radius 1 is 1.24 bits per heavy atom. The molecule has 1 aromatic carbocycles. The Labute approximate surface area is 143 Å². The first-order chi connectivity index (χ1) is 12.1. The minimum absolute atomic E-state index is 0.0324. The third-order valence-corrected chi connectivity index (χ3v) is 4.31. The van der Waals surface area contributed by atoms with E-state index in [2.05, 4.69) is 15.1 Å². The number of anilines is 1. The van der Waals surface area contributed by atoms with Crippen LogP contribution in [0, 0.1) is 12.7 Å². The molecule has 0 bridgehead atoms. The monoisotopic (exact) mass is 338 g/mol. The predicted molar refractivity (Wildman–Crippen MR) is 88.4 cm³/mol. The summed E-state index contributed by atoms with van der Waals surface area (Å²) in [7, 11) is 0. The maximum absolute atomic E-state index is 13.3. The lowest BCUT2D eigenvalue weighted by atomic mass is 10.1. The summed E-state index contributed by atoms with van der Waals surface area (Å²) < 4.78 is 18.6.